The molecule has 1 atom stereocenters. The van der Waals surface area contributed by atoms with E-state index in [1.54, 1.807) is 0 Å². The molecule has 1 unspecified atom stereocenters. The van der Waals surface area contributed by atoms with Gasteiger partial charge < -0.3 is 5.73 Å². The zero-order valence-electron chi connectivity index (χ0n) is 17.1. The van der Waals surface area contributed by atoms with E-state index in [0.717, 1.165) is 61.9 Å². The molecular weight excluding hydrogens is 412 g/mol. The lowest BCUT2D eigenvalue weighted by atomic mass is 10.0. The fraction of sp³-hybridized carbons (Fsp3) is 0.261. The highest BCUT2D eigenvalue weighted by molar-refractivity contribution is 7.87. The Hall–Kier alpha value is -2.64. The Morgan fingerprint density at radius 3 is 2.47 bits per heavy atom. The molecule has 0 spiro atoms. The summed E-state index contributed by atoms with van der Waals surface area (Å²) < 4.78 is 13.6. The van der Waals surface area contributed by atoms with Crippen LogP contribution in [-0.4, -0.2) is 24.9 Å². The SMILES string of the molecule is CCCCS(=O)c1sc2nc(-c3cnc(CC)nc3)cc(-c3ccccc3)c2c1N. The number of pyridine rings is 1. The van der Waals surface area contributed by atoms with Gasteiger partial charge in [0.2, 0.25) is 0 Å². The van der Waals surface area contributed by atoms with E-state index < -0.39 is 10.8 Å². The third-order valence-corrected chi connectivity index (χ3v) is 7.95. The Bertz CT molecular complexity index is 1190. The van der Waals surface area contributed by atoms with Crippen LogP contribution in [0, 0.1) is 0 Å². The van der Waals surface area contributed by atoms with Crippen molar-refractivity contribution >= 4 is 38.0 Å². The van der Waals surface area contributed by atoms with Gasteiger partial charge in [0.15, 0.2) is 0 Å². The van der Waals surface area contributed by atoms with Crippen molar-refractivity contribution in [3.63, 3.8) is 0 Å². The van der Waals surface area contributed by atoms with Crippen molar-refractivity contribution in [3.05, 3.63) is 54.6 Å². The average molecular weight is 437 g/mol. The minimum absolute atomic E-state index is 0.583. The smallest absolute Gasteiger partial charge is 0.127 e. The molecule has 2 N–H and O–H groups in total. The normalized spacial score (nSPS) is 12.3. The number of hydrogen-bond donors (Lipinski definition) is 1. The van der Waals surface area contributed by atoms with E-state index in [1.807, 2.05) is 43.6 Å². The van der Waals surface area contributed by atoms with E-state index in [9.17, 15) is 4.21 Å². The van der Waals surface area contributed by atoms with Crippen LogP contribution in [0.4, 0.5) is 5.69 Å². The third kappa shape index (κ3) is 4.00. The molecule has 154 valence electrons. The third-order valence-electron chi connectivity index (χ3n) is 4.96. The van der Waals surface area contributed by atoms with E-state index in [4.69, 9.17) is 10.7 Å². The van der Waals surface area contributed by atoms with Gasteiger partial charge in [0.25, 0.3) is 0 Å². The minimum Gasteiger partial charge on any atom is -0.396 e. The summed E-state index contributed by atoms with van der Waals surface area (Å²) in [6.07, 6.45) is 6.32. The van der Waals surface area contributed by atoms with Gasteiger partial charge in [-0.15, -0.1) is 11.3 Å². The molecule has 30 heavy (non-hydrogen) atoms. The molecule has 0 amide bonds. The number of benzene rings is 1. The van der Waals surface area contributed by atoms with Crippen LogP contribution in [0.5, 0.6) is 0 Å². The topological polar surface area (TPSA) is 81.8 Å². The zero-order valence-corrected chi connectivity index (χ0v) is 18.7. The molecule has 0 radical (unpaired) electrons. The zero-order chi connectivity index (χ0) is 21.1. The predicted molar refractivity (Wildman–Crippen MR) is 126 cm³/mol. The Morgan fingerprint density at radius 2 is 1.80 bits per heavy atom. The Kier molecular flexibility index (Phi) is 6.20. The number of fused-ring (bicyclic) bond motifs is 1. The lowest BCUT2D eigenvalue weighted by Crippen LogP contribution is -1.99. The van der Waals surface area contributed by atoms with E-state index in [1.165, 1.54) is 11.3 Å². The molecule has 0 saturated heterocycles. The lowest BCUT2D eigenvalue weighted by Gasteiger charge is -2.09. The van der Waals surface area contributed by atoms with Gasteiger partial charge in [-0.05, 0) is 23.6 Å². The van der Waals surface area contributed by atoms with Crippen LogP contribution in [0.3, 0.4) is 0 Å². The van der Waals surface area contributed by atoms with E-state index in [-0.39, 0.29) is 0 Å². The number of nitrogen functional groups attached to an aromatic ring is 1. The quantitative estimate of drug-likeness (QED) is 0.415. The van der Waals surface area contributed by atoms with Gasteiger partial charge in [-0.3, -0.25) is 4.21 Å². The molecule has 4 aromatic rings. The number of aromatic nitrogens is 3. The molecule has 3 aromatic heterocycles. The molecule has 3 heterocycles. The molecule has 1 aromatic carbocycles. The molecule has 0 aliphatic rings. The van der Waals surface area contributed by atoms with Crippen LogP contribution in [0.2, 0.25) is 0 Å². The number of anilines is 1. The van der Waals surface area contributed by atoms with Gasteiger partial charge in [0.05, 0.1) is 22.2 Å². The minimum atomic E-state index is -1.12. The van der Waals surface area contributed by atoms with Crippen LogP contribution in [-0.2, 0) is 17.2 Å². The second kappa shape index (κ2) is 9.02. The molecule has 5 nitrogen and oxygen atoms in total. The monoisotopic (exact) mass is 436 g/mol. The van der Waals surface area contributed by atoms with Gasteiger partial charge >= 0.3 is 0 Å². The summed E-state index contributed by atoms with van der Waals surface area (Å²) in [7, 11) is -1.12. The maximum absolute atomic E-state index is 12.9. The predicted octanol–water partition coefficient (Wildman–Crippen LogP) is 5.47. The van der Waals surface area contributed by atoms with Crippen LogP contribution >= 0.6 is 11.3 Å². The molecule has 0 aliphatic heterocycles. The molecular formula is C23H24N4OS2. The molecule has 0 saturated carbocycles. The van der Waals surface area contributed by atoms with Crippen LogP contribution in [0.25, 0.3) is 32.6 Å². The number of nitrogens with zero attached hydrogens (tertiary/aromatic N) is 3. The fourth-order valence-electron chi connectivity index (χ4n) is 3.30. The maximum atomic E-state index is 12.9. The lowest BCUT2D eigenvalue weighted by molar-refractivity contribution is 0.681. The number of hydrogen-bond acceptors (Lipinski definition) is 6. The van der Waals surface area contributed by atoms with Crippen molar-refractivity contribution in [2.24, 2.45) is 0 Å². The largest absolute Gasteiger partial charge is 0.396 e. The summed E-state index contributed by atoms with van der Waals surface area (Å²) in [5.74, 6) is 1.42. The Morgan fingerprint density at radius 1 is 1.07 bits per heavy atom. The average Bonchev–Trinajstić information content (AvgIpc) is 3.14. The molecule has 0 aliphatic carbocycles. The van der Waals surface area contributed by atoms with Gasteiger partial charge in [0, 0.05) is 35.5 Å². The summed E-state index contributed by atoms with van der Waals surface area (Å²) in [6.45, 7) is 4.13. The second-order valence-electron chi connectivity index (χ2n) is 7.05. The first-order chi connectivity index (χ1) is 14.6. The van der Waals surface area contributed by atoms with E-state index in [2.05, 4.69) is 29.0 Å². The number of rotatable bonds is 7. The summed E-state index contributed by atoms with van der Waals surface area (Å²) in [6, 6.07) is 12.1. The van der Waals surface area contributed by atoms with Crippen molar-refractivity contribution in [2.45, 2.75) is 37.3 Å². The molecule has 4 rings (SSSR count). The number of nitrogens with two attached hydrogens (primary N) is 1. The van der Waals surface area contributed by atoms with Gasteiger partial charge in [-0.1, -0.05) is 50.6 Å². The highest BCUT2D eigenvalue weighted by Gasteiger charge is 2.20. The van der Waals surface area contributed by atoms with Crippen molar-refractivity contribution < 1.29 is 4.21 Å². The van der Waals surface area contributed by atoms with Crippen molar-refractivity contribution in [1.82, 2.24) is 15.0 Å². The Labute approximate surface area is 182 Å². The summed E-state index contributed by atoms with van der Waals surface area (Å²) >= 11 is 1.43. The first kappa shape index (κ1) is 20.6. The van der Waals surface area contributed by atoms with Crippen LogP contribution in [0.15, 0.2) is 53.0 Å². The standard InChI is InChI=1S/C23H24N4OS2/c1-3-5-11-30(28)23-21(24)20-17(15-9-7-6-8-10-15)12-18(27-22(20)29-23)16-13-25-19(4-2)26-14-16/h6-10,12-14H,3-5,11,24H2,1-2H3. The second-order valence-corrected chi connectivity index (χ2v) is 9.81. The number of aryl methyl sites for hydroxylation is 1. The summed E-state index contributed by atoms with van der Waals surface area (Å²) in [4.78, 5) is 14.5. The van der Waals surface area contributed by atoms with Crippen molar-refractivity contribution in [3.8, 4) is 22.4 Å². The number of thiophene rings is 1. The maximum Gasteiger partial charge on any atom is 0.127 e. The Balaban J connectivity index is 1.92. The molecule has 0 fully saturated rings. The van der Waals surface area contributed by atoms with E-state index in [0.29, 0.717) is 11.4 Å². The number of unbranched alkanes of at least 4 members (excludes halogenated alkanes) is 1. The molecule has 7 heteroatoms. The van der Waals surface area contributed by atoms with Crippen LogP contribution < -0.4 is 5.73 Å². The molecule has 0 bridgehead atoms. The van der Waals surface area contributed by atoms with Crippen molar-refractivity contribution in [2.75, 3.05) is 11.5 Å². The summed E-state index contributed by atoms with van der Waals surface area (Å²) in [5.41, 5.74) is 10.8. The highest BCUT2D eigenvalue weighted by atomic mass is 32.2. The van der Waals surface area contributed by atoms with Crippen LogP contribution in [0.1, 0.15) is 32.5 Å². The fourth-order valence-corrected chi connectivity index (χ4v) is 6.10. The van der Waals surface area contributed by atoms with Gasteiger partial charge in [-0.25, -0.2) is 15.0 Å². The van der Waals surface area contributed by atoms with Gasteiger partial charge in [-0.2, -0.15) is 0 Å². The highest BCUT2D eigenvalue weighted by Crippen LogP contribution is 2.42. The first-order valence-corrected chi connectivity index (χ1v) is 12.2. The first-order valence-electron chi connectivity index (χ1n) is 10.1. The van der Waals surface area contributed by atoms with E-state index >= 15 is 0 Å². The summed E-state index contributed by atoms with van der Waals surface area (Å²) in [5, 5.41) is 0.876. The van der Waals surface area contributed by atoms with Gasteiger partial charge in [0.1, 0.15) is 14.9 Å². The van der Waals surface area contributed by atoms with Crippen molar-refractivity contribution in [1.29, 1.82) is 0 Å².